The standard InChI is InChI=1S/C23H38O2S/c1-14-13-15(2)17-18(16(14)3)21(7,8)23(11,12)26(24,25)22(9,10)19(17)20(4,5)6/h13,19H,1-12H3. The highest BCUT2D eigenvalue weighted by Crippen LogP contribution is 2.59. The molecule has 2 rings (SSSR count). The number of sulfone groups is 1. The minimum atomic E-state index is -3.43. The van der Waals surface area contributed by atoms with Crippen LogP contribution in [-0.4, -0.2) is 17.9 Å². The molecule has 1 heterocycles. The molecular weight excluding hydrogens is 340 g/mol. The maximum absolute atomic E-state index is 14.0. The van der Waals surface area contributed by atoms with E-state index in [1.165, 1.54) is 27.8 Å². The Morgan fingerprint density at radius 1 is 0.885 bits per heavy atom. The zero-order valence-electron chi connectivity index (χ0n) is 18.9. The average molecular weight is 379 g/mol. The fourth-order valence-electron chi connectivity index (χ4n) is 5.56. The third-order valence-corrected chi connectivity index (χ3v) is 10.9. The Morgan fingerprint density at radius 3 is 1.77 bits per heavy atom. The fourth-order valence-corrected chi connectivity index (χ4v) is 8.43. The molecule has 0 saturated heterocycles. The van der Waals surface area contributed by atoms with Crippen molar-refractivity contribution in [2.75, 3.05) is 0 Å². The smallest absolute Gasteiger partial charge is 0.162 e. The molecule has 148 valence electrons. The Labute approximate surface area is 161 Å². The fraction of sp³-hybridized carbons (Fsp3) is 0.739. The van der Waals surface area contributed by atoms with Crippen molar-refractivity contribution < 1.29 is 8.42 Å². The van der Waals surface area contributed by atoms with Crippen LogP contribution in [0.25, 0.3) is 0 Å². The van der Waals surface area contributed by atoms with Gasteiger partial charge in [-0.25, -0.2) is 8.42 Å². The molecule has 2 nitrogen and oxygen atoms in total. The summed E-state index contributed by atoms with van der Waals surface area (Å²) in [6, 6.07) is 2.24. The summed E-state index contributed by atoms with van der Waals surface area (Å²) >= 11 is 0. The molecule has 0 aromatic heterocycles. The number of rotatable bonds is 0. The molecule has 0 fully saturated rings. The molecule has 0 amide bonds. The Morgan fingerprint density at radius 2 is 1.35 bits per heavy atom. The van der Waals surface area contributed by atoms with Gasteiger partial charge < -0.3 is 0 Å². The first-order valence-electron chi connectivity index (χ1n) is 9.68. The van der Waals surface area contributed by atoms with Crippen LogP contribution in [0.2, 0.25) is 0 Å². The Balaban J connectivity index is 3.23. The lowest BCUT2D eigenvalue weighted by Crippen LogP contribution is -2.56. The van der Waals surface area contributed by atoms with Crippen molar-refractivity contribution >= 4 is 9.84 Å². The lowest BCUT2D eigenvalue weighted by atomic mass is 9.62. The number of benzene rings is 1. The monoisotopic (exact) mass is 378 g/mol. The molecule has 0 aliphatic carbocycles. The van der Waals surface area contributed by atoms with Gasteiger partial charge in [0.05, 0.1) is 9.49 Å². The Hall–Kier alpha value is -0.830. The molecule has 1 aliphatic rings. The van der Waals surface area contributed by atoms with Gasteiger partial charge >= 0.3 is 0 Å². The number of aryl methyl sites for hydroxylation is 2. The first kappa shape index (κ1) is 21.5. The Kier molecular flexibility index (Phi) is 4.62. The van der Waals surface area contributed by atoms with Crippen LogP contribution in [0.1, 0.15) is 96.0 Å². The van der Waals surface area contributed by atoms with Gasteiger partial charge in [-0.3, -0.25) is 0 Å². The molecule has 1 unspecified atom stereocenters. The minimum absolute atomic E-state index is 0.0738. The molecule has 0 spiro atoms. The summed E-state index contributed by atoms with van der Waals surface area (Å²) < 4.78 is 26.3. The van der Waals surface area contributed by atoms with Crippen LogP contribution < -0.4 is 0 Å². The van der Waals surface area contributed by atoms with Crippen molar-refractivity contribution in [3.63, 3.8) is 0 Å². The molecule has 1 aromatic carbocycles. The van der Waals surface area contributed by atoms with Gasteiger partial charge in [0, 0.05) is 11.3 Å². The van der Waals surface area contributed by atoms with Gasteiger partial charge in [0.15, 0.2) is 9.84 Å². The highest BCUT2D eigenvalue weighted by Gasteiger charge is 2.62. The quantitative estimate of drug-likeness (QED) is 0.554. The number of fused-ring (bicyclic) bond motifs is 1. The van der Waals surface area contributed by atoms with Crippen LogP contribution in [0.3, 0.4) is 0 Å². The largest absolute Gasteiger partial charge is 0.228 e. The van der Waals surface area contributed by atoms with Crippen LogP contribution in [0, 0.1) is 26.2 Å². The summed E-state index contributed by atoms with van der Waals surface area (Å²) in [6.45, 7) is 25.0. The minimum Gasteiger partial charge on any atom is -0.228 e. The molecular formula is C23H38O2S. The molecule has 0 bridgehead atoms. The topological polar surface area (TPSA) is 34.1 Å². The van der Waals surface area contributed by atoms with Crippen molar-refractivity contribution in [2.45, 2.75) is 104 Å². The lowest BCUT2D eigenvalue weighted by Gasteiger charge is -2.46. The van der Waals surface area contributed by atoms with Gasteiger partial charge in [-0.05, 0) is 81.7 Å². The normalized spacial score (nSPS) is 26.1. The van der Waals surface area contributed by atoms with Gasteiger partial charge in [0.1, 0.15) is 0 Å². The second kappa shape index (κ2) is 5.59. The molecule has 1 aromatic rings. The van der Waals surface area contributed by atoms with Gasteiger partial charge in [-0.15, -0.1) is 0 Å². The number of hydrogen-bond acceptors (Lipinski definition) is 2. The molecule has 0 saturated carbocycles. The SMILES string of the molecule is Cc1cc(C)c2c(c1C)C(C)(C)C(C)(C)S(=O)(=O)C(C)(C)C2C(C)(C)C. The van der Waals surface area contributed by atoms with Gasteiger partial charge in [0.2, 0.25) is 0 Å². The van der Waals surface area contributed by atoms with E-state index in [9.17, 15) is 8.42 Å². The third kappa shape index (κ3) is 2.45. The average Bonchev–Trinajstić information content (AvgIpc) is 2.43. The summed E-state index contributed by atoms with van der Waals surface area (Å²) in [5, 5.41) is 0. The van der Waals surface area contributed by atoms with E-state index in [1.54, 1.807) is 0 Å². The van der Waals surface area contributed by atoms with E-state index in [4.69, 9.17) is 0 Å². The second-order valence-electron chi connectivity index (χ2n) is 11.0. The van der Waals surface area contributed by atoms with Crippen LogP contribution in [0.4, 0.5) is 0 Å². The van der Waals surface area contributed by atoms with E-state index in [2.05, 4.69) is 61.5 Å². The third-order valence-electron chi connectivity index (χ3n) is 7.44. The predicted molar refractivity (Wildman–Crippen MR) is 113 cm³/mol. The second-order valence-corrected chi connectivity index (χ2v) is 14.0. The zero-order chi connectivity index (χ0) is 20.7. The van der Waals surface area contributed by atoms with E-state index in [0.717, 1.165) is 0 Å². The van der Waals surface area contributed by atoms with E-state index in [1.807, 2.05) is 27.7 Å². The van der Waals surface area contributed by atoms with Crippen LogP contribution in [0.5, 0.6) is 0 Å². The van der Waals surface area contributed by atoms with Crippen molar-refractivity contribution in [3.8, 4) is 0 Å². The maximum Gasteiger partial charge on any atom is 0.162 e. The lowest BCUT2D eigenvalue weighted by molar-refractivity contribution is 0.268. The molecule has 26 heavy (non-hydrogen) atoms. The van der Waals surface area contributed by atoms with Crippen molar-refractivity contribution in [3.05, 3.63) is 33.9 Å². The van der Waals surface area contributed by atoms with Crippen LogP contribution >= 0.6 is 0 Å². The van der Waals surface area contributed by atoms with Crippen LogP contribution in [0.15, 0.2) is 6.07 Å². The van der Waals surface area contributed by atoms with Gasteiger partial charge in [-0.1, -0.05) is 40.7 Å². The van der Waals surface area contributed by atoms with E-state index in [-0.39, 0.29) is 11.3 Å². The summed E-state index contributed by atoms with van der Waals surface area (Å²) in [4.78, 5) is 0. The molecule has 1 aliphatic heterocycles. The van der Waals surface area contributed by atoms with Crippen molar-refractivity contribution in [1.29, 1.82) is 0 Å². The maximum atomic E-state index is 14.0. The van der Waals surface area contributed by atoms with E-state index < -0.39 is 24.7 Å². The molecule has 0 N–H and O–H groups in total. The van der Waals surface area contributed by atoms with E-state index >= 15 is 0 Å². The molecule has 3 heteroatoms. The molecule has 1 atom stereocenters. The first-order valence-corrected chi connectivity index (χ1v) is 11.2. The predicted octanol–water partition coefficient (Wildman–Crippen LogP) is 6.00. The summed E-state index contributed by atoms with van der Waals surface area (Å²) in [7, 11) is -3.43. The van der Waals surface area contributed by atoms with E-state index in [0.29, 0.717) is 0 Å². The summed E-state index contributed by atoms with van der Waals surface area (Å²) in [5.41, 5.74) is 5.55. The summed E-state index contributed by atoms with van der Waals surface area (Å²) in [5.74, 6) is -0.0738. The van der Waals surface area contributed by atoms with Crippen molar-refractivity contribution in [1.82, 2.24) is 0 Å². The molecule has 0 radical (unpaired) electrons. The van der Waals surface area contributed by atoms with Crippen molar-refractivity contribution in [2.24, 2.45) is 5.41 Å². The van der Waals surface area contributed by atoms with Gasteiger partial charge in [-0.2, -0.15) is 0 Å². The van der Waals surface area contributed by atoms with Crippen LogP contribution in [-0.2, 0) is 15.3 Å². The number of hydrogen-bond donors (Lipinski definition) is 0. The first-order chi connectivity index (χ1) is 11.3. The zero-order valence-corrected chi connectivity index (χ0v) is 19.7. The Bertz CT molecular complexity index is 847. The highest BCUT2D eigenvalue weighted by atomic mass is 32.2. The summed E-state index contributed by atoms with van der Waals surface area (Å²) in [6.07, 6.45) is 0. The van der Waals surface area contributed by atoms with Gasteiger partial charge in [0.25, 0.3) is 0 Å². The highest BCUT2D eigenvalue weighted by molar-refractivity contribution is 7.94.